The number of piperazine rings is 1. The molecule has 1 aliphatic rings. The van der Waals surface area contributed by atoms with Crippen molar-refractivity contribution in [3.8, 4) is 11.4 Å². The van der Waals surface area contributed by atoms with E-state index in [-0.39, 0.29) is 11.7 Å². The number of benzene rings is 2. The van der Waals surface area contributed by atoms with Crippen LogP contribution in [0.25, 0.3) is 11.4 Å². The maximum atomic E-state index is 12.6. The van der Waals surface area contributed by atoms with Gasteiger partial charge < -0.3 is 9.42 Å². The number of amides is 1. The van der Waals surface area contributed by atoms with Gasteiger partial charge in [-0.25, -0.2) is 8.42 Å². The summed E-state index contributed by atoms with van der Waals surface area (Å²) in [6, 6.07) is 17.7. The Hall–Kier alpha value is -3.04. The predicted octanol–water partition coefficient (Wildman–Crippen LogP) is 2.74. The van der Waals surface area contributed by atoms with E-state index in [4.69, 9.17) is 4.52 Å². The predicted molar refractivity (Wildman–Crippen MR) is 130 cm³/mol. The van der Waals surface area contributed by atoms with Gasteiger partial charge in [-0.15, -0.1) is 0 Å². The van der Waals surface area contributed by atoms with E-state index in [0.717, 1.165) is 11.1 Å². The number of aryl methyl sites for hydroxylation is 2. The van der Waals surface area contributed by atoms with E-state index in [0.29, 0.717) is 57.3 Å². The van der Waals surface area contributed by atoms with Crippen molar-refractivity contribution in [2.24, 2.45) is 0 Å². The van der Waals surface area contributed by atoms with E-state index >= 15 is 0 Å². The van der Waals surface area contributed by atoms with Crippen LogP contribution in [0, 0.1) is 6.92 Å². The van der Waals surface area contributed by atoms with Crippen LogP contribution in [-0.2, 0) is 27.6 Å². The molecule has 4 rings (SSSR count). The van der Waals surface area contributed by atoms with Gasteiger partial charge in [0, 0.05) is 31.7 Å². The van der Waals surface area contributed by atoms with E-state index in [1.807, 2.05) is 61.5 Å². The monoisotopic (exact) mass is 482 g/mol. The van der Waals surface area contributed by atoms with Crippen LogP contribution in [0.3, 0.4) is 0 Å². The van der Waals surface area contributed by atoms with Gasteiger partial charge in [-0.05, 0) is 25.3 Å². The van der Waals surface area contributed by atoms with Crippen LogP contribution in [0.1, 0.15) is 23.4 Å². The number of rotatable bonds is 9. The lowest BCUT2D eigenvalue weighted by Crippen LogP contribution is -2.49. The zero-order chi connectivity index (χ0) is 24.0. The van der Waals surface area contributed by atoms with E-state index in [1.54, 1.807) is 4.90 Å². The summed E-state index contributed by atoms with van der Waals surface area (Å²) < 4.78 is 30.3. The van der Waals surface area contributed by atoms with Crippen molar-refractivity contribution in [3.05, 3.63) is 71.6 Å². The Balaban J connectivity index is 1.21. The molecule has 3 aromatic rings. The molecular formula is C25H30N4O4S. The van der Waals surface area contributed by atoms with Gasteiger partial charge in [-0.2, -0.15) is 4.98 Å². The molecule has 0 spiro atoms. The first-order chi connectivity index (χ1) is 16.4. The third kappa shape index (κ3) is 6.74. The summed E-state index contributed by atoms with van der Waals surface area (Å²) in [5, 5.41) is 4.06. The van der Waals surface area contributed by atoms with Crippen molar-refractivity contribution >= 4 is 15.7 Å². The quantitative estimate of drug-likeness (QED) is 0.463. The lowest BCUT2D eigenvalue weighted by molar-refractivity contribution is -0.130. The molecule has 2 aromatic carbocycles. The van der Waals surface area contributed by atoms with Gasteiger partial charge in [0.25, 0.3) is 0 Å². The first-order valence-electron chi connectivity index (χ1n) is 11.5. The lowest BCUT2D eigenvalue weighted by Gasteiger charge is -2.33. The minimum absolute atomic E-state index is 0.0219. The zero-order valence-electron chi connectivity index (χ0n) is 19.4. The average Bonchev–Trinajstić information content (AvgIpc) is 3.28. The topological polar surface area (TPSA) is 96.6 Å². The van der Waals surface area contributed by atoms with Crippen molar-refractivity contribution in [2.75, 3.05) is 37.7 Å². The maximum absolute atomic E-state index is 12.6. The molecule has 0 unspecified atom stereocenters. The Labute approximate surface area is 200 Å². The Bertz CT molecular complexity index is 1190. The second-order valence-corrected chi connectivity index (χ2v) is 10.9. The Morgan fingerprint density at radius 3 is 2.41 bits per heavy atom. The number of nitrogens with zero attached hydrogens (tertiary/aromatic N) is 4. The van der Waals surface area contributed by atoms with Crippen molar-refractivity contribution in [1.29, 1.82) is 0 Å². The van der Waals surface area contributed by atoms with Crippen LogP contribution in [0.2, 0.25) is 0 Å². The standard InChI is InChI=1S/C25H30N4O4S/c1-20-9-11-22(12-10-20)25-26-23(33-27-25)18-28-13-15-29(16-14-28)24(30)19-34(31,32)17-5-8-21-6-3-2-4-7-21/h2-4,6-7,9-12H,5,8,13-19H2,1H3. The van der Waals surface area contributed by atoms with Crippen molar-refractivity contribution in [2.45, 2.75) is 26.3 Å². The molecule has 8 nitrogen and oxygen atoms in total. The van der Waals surface area contributed by atoms with Gasteiger partial charge in [0.15, 0.2) is 9.84 Å². The molecular weight excluding hydrogens is 452 g/mol. The number of sulfone groups is 1. The average molecular weight is 483 g/mol. The summed E-state index contributed by atoms with van der Waals surface area (Å²) in [6.45, 7) is 4.74. The summed E-state index contributed by atoms with van der Waals surface area (Å²) in [7, 11) is -3.43. The summed E-state index contributed by atoms with van der Waals surface area (Å²) in [5.74, 6) is 0.357. The van der Waals surface area contributed by atoms with Gasteiger partial charge in [-0.3, -0.25) is 9.69 Å². The Morgan fingerprint density at radius 2 is 1.71 bits per heavy atom. The highest BCUT2D eigenvalue weighted by Gasteiger charge is 2.26. The van der Waals surface area contributed by atoms with Crippen LogP contribution in [0.4, 0.5) is 0 Å². The highest BCUT2D eigenvalue weighted by Crippen LogP contribution is 2.17. The minimum Gasteiger partial charge on any atom is -0.339 e. The first kappa shape index (κ1) is 24.1. The number of carbonyl (C=O) groups is 1. The van der Waals surface area contributed by atoms with Crippen LogP contribution >= 0.6 is 0 Å². The molecule has 1 aromatic heterocycles. The van der Waals surface area contributed by atoms with E-state index in [1.165, 1.54) is 5.56 Å². The zero-order valence-corrected chi connectivity index (χ0v) is 20.2. The molecule has 0 bridgehead atoms. The summed E-state index contributed by atoms with van der Waals surface area (Å²) in [6.07, 6.45) is 1.20. The van der Waals surface area contributed by atoms with Gasteiger partial charge in [0.1, 0.15) is 5.75 Å². The van der Waals surface area contributed by atoms with Crippen LogP contribution in [0.5, 0.6) is 0 Å². The van der Waals surface area contributed by atoms with Gasteiger partial charge in [0.05, 0.1) is 12.3 Å². The third-order valence-corrected chi connectivity index (χ3v) is 7.57. The fourth-order valence-electron chi connectivity index (χ4n) is 3.98. The van der Waals surface area contributed by atoms with Gasteiger partial charge in [0.2, 0.25) is 17.6 Å². The van der Waals surface area contributed by atoms with Gasteiger partial charge >= 0.3 is 0 Å². The van der Waals surface area contributed by atoms with Crippen molar-refractivity contribution in [1.82, 2.24) is 19.9 Å². The maximum Gasteiger partial charge on any atom is 0.241 e. The third-order valence-electron chi connectivity index (χ3n) is 5.97. The minimum atomic E-state index is -3.43. The van der Waals surface area contributed by atoms with Crippen molar-refractivity contribution < 1.29 is 17.7 Å². The Morgan fingerprint density at radius 1 is 1.00 bits per heavy atom. The van der Waals surface area contributed by atoms with Gasteiger partial charge in [-0.1, -0.05) is 65.3 Å². The molecule has 0 aliphatic carbocycles. The van der Waals surface area contributed by atoms with Crippen LogP contribution in [-0.4, -0.2) is 72.0 Å². The summed E-state index contributed by atoms with van der Waals surface area (Å²) >= 11 is 0. The van der Waals surface area contributed by atoms with Crippen LogP contribution in [0.15, 0.2) is 59.1 Å². The fraction of sp³-hybridized carbons (Fsp3) is 0.400. The smallest absolute Gasteiger partial charge is 0.241 e. The molecule has 34 heavy (non-hydrogen) atoms. The molecule has 0 radical (unpaired) electrons. The number of carbonyl (C=O) groups excluding carboxylic acids is 1. The molecule has 0 N–H and O–H groups in total. The van der Waals surface area contributed by atoms with E-state index in [2.05, 4.69) is 15.0 Å². The summed E-state index contributed by atoms with van der Waals surface area (Å²) in [5.41, 5.74) is 3.17. The van der Waals surface area contributed by atoms with Crippen molar-refractivity contribution in [3.63, 3.8) is 0 Å². The summed E-state index contributed by atoms with van der Waals surface area (Å²) in [4.78, 5) is 20.8. The SMILES string of the molecule is Cc1ccc(-c2noc(CN3CCN(C(=O)CS(=O)(=O)CCCc4ccccc4)CC3)n2)cc1. The molecule has 2 heterocycles. The number of hydrogen-bond acceptors (Lipinski definition) is 7. The highest BCUT2D eigenvalue weighted by atomic mass is 32.2. The molecule has 0 saturated carbocycles. The number of aromatic nitrogens is 2. The lowest BCUT2D eigenvalue weighted by atomic mass is 10.1. The fourth-order valence-corrected chi connectivity index (χ4v) is 5.27. The second kappa shape index (κ2) is 10.9. The van der Waals surface area contributed by atoms with E-state index in [9.17, 15) is 13.2 Å². The molecule has 180 valence electrons. The molecule has 0 atom stereocenters. The van der Waals surface area contributed by atoms with Crippen LogP contribution < -0.4 is 0 Å². The second-order valence-electron chi connectivity index (χ2n) is 8.72. The Kier molecular flexibility index (Phi) is 7.74. The normalized spacial score (nSPS) is 14.9. The molecule has 1 fully saturated rings. The number of hydrogen-bond donors (Lipinski definition) is 0. The molecule has 1 saturated heterocycles. The molecule has 1 amide bonds. The van der Waals surface area contributed by atoms with E-state index < -0.39 is 15.6 Å². The first-order valence-corrected chi connectivity index (χ1v) is 13.3. The largest absolute Gasteiger partial charge is 0.339 e. The highest BCUT2D eigenvalue weighted by molar-refractivity contribution is 7.92. The molecule has 9 heteroatoms. The molecule has 1 aliphatic heterocycles.